The lowest BCUT2D eigenvalue weighted by Crippen LogP contribution is -2.19. The molecule has 0 heterocycles. The maximum atomic E-state index is 12.0. The van der Waals surface area contributed by atoms with E-state index in [0.717, 1.165) is 5.56 Å². The summed E-state index contributed by atoms with van der Waals surface area (Å²) in [4.78, 5) is 12.0. The molecule has 0 fully saturated rings. The Hall–Kier alpha value is -2.33. The standard InChI is InChI=1S/C16H15ClN2O2/c1-11(14-5-3-4-6-15(14)17)18-19-16(20)12-7-9-13(21-2)10-8-12/h3-10H,1-2H3,(H,19,20)/b18-11+. The summed E-state index contributed by atoms with van der Waals surface area (Å²) in [6, 6.07) is 14.1. The Bertz CT molecular complexity index is 666. The Balaban J connectivity index is 2.09. The normalized spacial score (nSPS) is 11.1. The zero-order valence-corrected chi connectivity index (χ0v) is 12.5. The van der Waals surface area contributed by atoms with Crippen LogP contribution in [0.2, 0.25) is 5.02 Å². The van der Waals surface area contributed by atoms with Crippen molar-refractivity contribution in [1.29, 1.82) is 0 Å². The van der Waals surface area contributed by atoms with Crippen molar-refractivity contribution < 1.29 is 9.53 Å². The van der Waals surface area contributed by atoms with Gasteiger partial charge >= 0.3 is 0 Å². The number of ether oxygens (including phenoxy) is 1. The molecule has 0 atom stereocenters. The summed E-state index contributed by atoms with van der Waals surface area (Å²) in [7, 11) is 1.58. The molecule has 2 rings (SSSR count). The van der Waals surface area contributed by atoms with E-state index in [4.69, 9.17) is 16.3 Å². The highest BCUT2D eigenvalue weighted by atomic mass is 35.5. The van der Waals surface area contributed by atoms with E-state index in [1.165, 1.54) is 0 Å². The van der Waals surface area contributed by atoms with Gasteiger partial charge in [0, 0.05) is 16.1 Å². The van der Waals surface area contributed by atoms with Crippen molar-refractivity contribution in [2.75, 3.05) is 7.11 Å². The highest BCUT2D eigenvalue weighted by Gasteiger charge is 2.06. The molecule has 4 nitrogen and oxygen atoms in total. The fourth-order valence-corrected chi connectivity index (χ4v) is 2.03. The number of carbonyl (C=O) groups is 1. The average Bonchev–Trinajstić information content (AvgIpc) is 2.52. The lowest BCUT2D eigenvalue weighted by molar-refractivity contribution is 0.0955. The number of nitrogens with zero attached hydrogens (tertiary/aromatic N) is 1. The van der Waals surface area contributed by atoms with Crippen LogP contribution in [-0.4, -0.2) is 18.7 Å². The molecule has 0 spiro atoms. The minimum Gasteiger partial charge on any atom is -0.497 e. The summed E-state index contributed by atoms with van der Waals surface area (Å²) in [5.41, 5.74) is 4.44. The van der Waals surface area contributed by atoms with Gasteiger partial charge in [-0.2, -0.15) is 5.10 Å². The molecule has 108 valence electrons. The van der Waals surface area contributed by atoms with Gasteiger partial charge in [-0.3, -0.25) is 4.79 Å². The number of nitrogens with one attached hydrogen (secondary N) is 1. The minimum absolute atomic E-state index is 0.288. The fraction of sp³-hybridized carbons (Fsp3) is 0.125. The lowest BCUT2D eigenvalue weighted by Gasteiger charge is -2.05. The molecule has 0 saturated heterocycles. The molecule has 2 aromatic carbocycles. The second-order valence-electron chi connectivity index (χ2n) is 4.35. The van der Waals surface area contributed by atoms with Gasteiger partial charge in [0.05, 0.1) is 12.8 Å². The van der Waals surface area contributed by atoms with E-state index >= 15 is 0 Å². The second kappa shape index (κ2) is 6.90. The van der Waals surface area contributed by atoms with E-state index in [9.17, 15) is 4.79 Å². The van der Waals surface area contributed by atoms with Crippen LogP contribution in [0, 0.1) is 0 Å². The van der Waals surface area contributed by atoms with Gasteiger partial charge in [0.2, 0.25) is 0 Å². The summed E-state index contributed by atoms with van der Waals surface area (Å²) >= 11 is 6.08. The van der Waals surface area contributed by atoms with Crippen molar-refractivity contribution in [2.45, 2.75) is 6.92 Å². The third-order valence-electron chi connectivity index (χ3n) is 2.94. The second-order valence-corrected chi connectivity index (χ2v) is 4.75. The topological polar surface area (TPSA) is 50.7 Å². The predicted molar refractivity (Wildman–Crippen MR) is 84.1 cm³/mol. The highest BCUT2D eigenvalue weighted by Crippen LogP contribution is 2.15. The van der Waals surface area contributed by atoms with E-state index in [-0.39, 0.29) is 5.91 Å². The molecule has 0 aromatic heterocycles. The van der Waals surface area contributed by atoms with E-state index in [0.29, 0.717) is 22.0 Å². The summed E-state index contributed by atoms with van der Waals surface area (Å²) < 4.78 is 5.04. The van der Waals surface area contributed by atoms with Gasteiger partial charge in [-0.15, -0.1) is 0 Å². The number of amides is 1. The summed E-state index contributed by atoms with van der Waals surface area (Å²) in [5.74, 6) is 0.409. The number of methoxy groups -OCH3 is 1. The Labute approximate surface area is 128 Å². The number of halogens is 1. The first-order chi connectivity index (χ1) is 10.1. The molecule has 21 heavy (non-hydrogen) atoms. The first-order valence-electron chi connectivity index (χ1n) is 6.35. The van der Waals surface area contributed by atoms with Crippen LogP contribution in [0.3, 0.4) is 0 Å². The zero-order valence-electron chi connectivity index (χ0n) is 11.8. The monoisotopic (exact) mass is 302 g/mol. The van der Waals surface area contributed by atoms with Crippen LogP contribution >= 0.6 is 11.6 Å². The van der Waals surface area contributed by atoms with Crippen LogP contribution in [0.4, 0.5) is 0 Å². The molecule has 0 radical (unpaired) electrons. The van der Waals surface area contributed by atoms with Gasteiger partial charge in [-0.25, -0.2) is 5.43 Å². The summed E-state index contributed by atoms with van der Waals surface area (Å²) in [6.45, 7) is 1.79. The number of rotatable bonds is 4. The molecule has 0 aliphatic heterocycles. The minimum atomic E-state index is -0.288. The molecular formula is C16H15ClN2O2. The number of hydrazone groups is 1. The van der Waals surface area contributed by atoms with E-state index in [2.05, 4.69) is 10.5 Å². The largest absolute Gasteiger partial charge is 0.497 e. The third kappa shape index (κ3) is 3.83. The van der Waals surface area contributed by atoms with E-state index in [1.54, 1.807) is 44.4 Å². The van der Waals surface area contributed by atoms with Crippen LogP contribution < -0.4 is 10.2 Å². The maximum absolute atomic E-state index is 12.0. The maximum Gasteiger partial charge on any atom is 0.271 e. The van der Waals surface area contributed by atoms with Crippen LogP contribution in [-0.2, 0) is 0 Å². The van der Waals surface area contributed by atoms with Gasteiger partial charge < -0.3 is 4.74 Å². The van der Waals surface area contributed by atoms with Gasteiger partial charge in [-0.05, 0) is 37.3 Å². The Morgan fingerprint density at radius 1 is 1.14 bits per heavy atom. The molecule has 0 aliphatic carbocycles. The molecule has 0 aliphatic rings. The Morgan fingerprint density at radius 3 is 2.43 bits per heavy atom. The quantitative estimate of drug-likeness (QED) is 0.694. The van der Waals surface area contributed by atoms with Crippen molar-refractivity contribution in [3.8, 4) is 5.75 Å². The molecule has 5 heteroatoms. The van der Waals surface area contributed by atoms with Crippen LogP contribution in [0.5, 0.6) is 5.75 Å². The number of benzene rings is 2. The van der Waals surface area contributed by atoms with Crippen molar-refractivity contribution in [3.63, 3.8) is 0 Å². The van der Waals surface area contributed by atoms with E-state index in [1.807, 2.05) is 18.2 Å². The average molecular weight is 303 g/mol. The van der Waals surface area contributed by atoms with Crippen molar-refractivity contribution in [3.05, 3.63) is 64.7 Å². The Morgan fingerprint density at radius 2 is 1.81 bits per heavy atom. The number of carbonyl (C=O) groups excluding carboxylic acids is 1. The van der Waals surface area contributed by atoms with Gasteiger partial charge in [0.15, 0.2) is 0 Å². The highest BCUT2D eigenvalue weighted by molar-refractivity contribution is 6.34. The summed E-state index contributed by atoms with van der Waals surface area (Å²) in [6.07, 6.45) is 0. The van der Waals surface area contributed by atoms with E-state index < -0.39 is 0 Å². The summed E-state index contributed by atoms with van der Waals surface area (Å²) in [5, 5.41) is 4.67. The smallest absolute Gasteiger partial charge is 0.271 e. The van der Waals surface area contributed by atoms with Crippen molar-refractivity contribution in [2.24, 2.45) is 5.10 Å². The fourth-order valence-electron chi connectivity index (χ4n) is 1.76. The van der Waals surface area contributed by atoms with Gasteiger partial charge in [0.1, 0.15) is 5.75 Å². The Kier molecular flexibility index (Phi) is 4.95. The van der Waals surface area contributed by atoms with Crippen LogP contribution in [0.15, 0.2) is 53.6 Å². The molecule has 0 bridgehead atoms. The third-order valence-corrected chi connectivity index (χ3v) is 3.27. The molecular weight excluding hydrogens is 288 g/mol. The molecule has 0 unspecified atom stereocenters. The van der Waals surface area contributed by atoms with Crippen LogP contribution in [0.25, 0.3) is 0 Å². The first-order valence-corrected chi connectivity index (χ1v) is 6.73. The molecule has 0 saturated carbocycles. The van der Waals surface area contributed by atoms with Crippen molar-refractivity contribution in [1.82, 2.24) is 5.43 Å². The van der Waals surface area contributed by atoms with Gasteiger partial charge in [-0.1, -0.05) is 29.8 Å². The number of hydrogen-bond acceptors (Lipinski definition) is 3. The number of hydrogen-bond donors (Lipinski definition) is 1. The van der Waals surface area contributed by atoms with Crippen LogP contribution in [0.1, 0.15) is 22.8 Å². The molecule has 2 aromatic rings. The lowest BCUT2D eigenvalue weighted by atomic mass is 10.1. The van der Waals surface area contributed by atoms with Gasteiger partial charge in [0.25, 0.3) is 5.91 Å². The van der Waals surface area contributed by atoms with Crippen molar-refractivity contribution >= 4 is 23.2 Å². The SMILES string of the molecule is COc1ccc(C(=O)N/N=C(\C)c2ccccc2Cl)cc1. The predicted octanol–water partition coefficient (Wildman–Crippen LogP) is 3.50. The first kappa shape index (κ1) is 15.1. The molecule has 1 N–H and O–H groups in total. The zero-order chi connectivity index (χ0) is 15.2. The molecule has 1 amide bonds.